The molecule has 1 amide bonds. The number of amides is 1. The fourth-order valence-electron chi connectivity index (χ4n) is 2.73. The Hall–Kier alpha value is -2.44. The predicted octanol–water partition coefficient (Wildman–Crippen LogP) is 1.52. The monoisotopic (exact) mass is 315 g/mol. The van der Waals surface area contributed by atoms with E-state index in [0.29, 0.717) is 6.42 Å². The van der Waals surface area contributed by atoms with Gasteiger partial charge in [0.25, 0.3) is 0 Å². The zero-order chi connectivity index (χ0) is 15.9. The molecule has 3 rings (SSSR count). The number of hydrogen-bond acceptors (Lipinski definition) is 5. The molecule has 0 spiro atoms. The van der Waals surface area contributed by atoms with Gasteiger partial charge in [-0.25, -0.2) is 4.98 Å². The number of carbonyl (C=O) groups is 1. The summed E-state index contributed by atoms with van der Waals surface area (Å²) >= 11 is 0. The second-order valence-electron chi connectivity index (χ2n) is 5.65. The van der Waals surface area contributed by atoms with Crippen molar-refractivity contribution in [3.05, 3.63) is 37.2 Å². The SMILES string of the molecule is O=C(CCCn1cncn1)N1CCC(Oc2cccnc2)CC1. The van der Waals surface area contributed by atoms with Gasteiger partial charge in [-0.1, -0.05) is 0 Å². The van der Waals surface area contributed by atoms with Gasteiger partial charge in [-0.3, -0.25) is 14.5 Å². The van der Waals surface area contributed by atoms with Crippen molar-refractivity contribution in [2.24, 2.45) is 0 Å². The molecule has 0 N–H and O–H groups in total. The minimum Gasteiger partial charge on any atom is -0.489 e. The standard InChI is InChI=1S/C16H21N5O2/c22-16(4-2-8-21-13-18-12-19-21)20-9-5-14(6-10-20)23-15-3-1-7-17-11-15/h1,3,7,11-14H,2,4-6,8-10H2. The molecule has 23 heavy (non-hydrogen) atoms. The van der Waals surface area contributed by atoms with Crippen molar-refractivity contribution in [2.45, 2.75) is 38.3 Å². The fourth-order valence-corrected chi connectivity index (χ4v) is 2.73. The van der Waals surface area contributed by atoms with Crippen molar-refractivity contribution in [3.8, 4) is 5.75 Å². The van der Waals surface area contributed by atoms with E-state index < -0.39 is 0 Å². The van der Waals surface area contributed by atoms with Crippen LogP contribution in [0.15, 0.2) is 37.2 Å². The first-order chi connectivity index (χ1) is 11.3. The predicted molar refractivity (Wildman–Crippen MR) is 83.7 cm³/mol. The molecule has 0 atom stereocenters. The Morgan fingerprint density at radius 3 is 2.87 bits per heavy atom. The van der Waals surface area contributed by atoms with Crippen LogP contribution < -0.4 is 4.74 Å². The second-order valence-corrected chi connectivity index (χ2v) is 5.65. The lowest BCUT2D eigenvalue weighted by atomic mass is 10.1. The van der Waals surface area contributed by atoms with Gasteiger partial charge in [0.05, 0.1) is 6.20 Å². The Labute approximate surface area is 135 Å². The van der Waals surface area contributed by atoms with E-state index >= 15 is 0 Å². The summed E-state index contributed by atoms with van der Waals surface area (Å²) in [6.45, 7) is 2.24. The van der Waals surface area contributed by atoms with E-state index in [1.807, 2.05) is 17.0 Å². The molecule has 2 aromatic heterocycles. The lowest BCUT2D eigenvalue weighted by Crippen LogP contribution is -2.41. The summed E-state index contributed by atoms with van der Waals surface area (Å²) < 4.78 is 7.65. The zero-order valence-electron chi connectivity index (χ0n) is 13.0. The number of carbonyl (C=O) groups excluding carboxylic acids is 1. The van der Waals surface area contributed by atoms with Crippen molar-refractivity contribution >= 4 is 5.91 Å². The van der Waals surface area contributed by atoms with Crippen molar-refractivity contribution in [2.75, 3.05) is 13.1 Å². The Balaban J connectivity index is 1.37. The second kappa shape index (κ2) is 7.71. The molecular weight excluding hydrogens is 294 g/mol. The van der Waals surface area contributed by atoms with Crippen molar-refractivity contribution in [1.82, 2.24) is 24.6 Å². The van der Waals surface area contributed by atoms with Crippen molar-refractivity contribution < 1.29 is 9.53 Å². The Bertz CT molecular complexity index is 594. The molecule has 1 aliphatic heterocycles. The Kier molecular flexibility index (Phi) is 5.18. The quantitative estimate of drug-likeness (QED) is 0.808. The molecule has 0 aliphatic carbocycles. The average molecular weight is 315 g/mol. The summed E-state index contributed by atoms with van der Waals surface area (Å²) in [7, 11) is 0. The molecule has 0 saturated carbocycles. The van der Waals surface area contributed by atoms with E-state index in [0.717, 1.165) is 44.6 Å². The third-order valence-corrected chi connectivity index (χ3v) is 3.98. The molecule has 2 aromatic rings. The lowest BCUT2D eigenvalue weighted by molar-refractivity contribution is -0.133. The zero-order valence-corrected chi connectivity index (χ0v) is 13.0. The van der Waals surface area contributed by atoms with E-state index in [2.05, 4.69) is 15.1 Å². The molecule has 0 radical (unpaired) electrons. The first-order valence-electron chi connectivity index (χ1n) is 7.98. The number of nitrogens with zero attached hydrogens (tertiary/aromatic N) is 5. The smallest absolute Gasteiger partial charge is 0.222 e. The summed E-state index contributed by atoms with van der Waals surface area (Å²) in [6.07, 6.45) is 9.87. The molecule has 1 saturated heterocycles. The average Bonchev–Trinajstić information content (AvgIpc) is 3.10. The Morgan fingerprint density at radius 2 is 2.17 bits per heavy atom. The number of ether oxygens (including phenoxy) is 1. The van der Waals surface area contributed by atoms with Crippen LogP contribution in [0, 0.1) is 0 Å². The number of hydrogen-bond donors (Lipinski definition) is 0. The molecule has 7 heteroatoms. The summed E-state index contributed by atoms with van der Waals surface area (Å²) in [4.78, 5) is 22.1. The summed E-state index contributed by atoms with van der Waals surface area (Å²) in [6, 6.07) is 3.78. The number of piperidine rings is 1. The van der Waals surface area contributed by atoms with Crippen LogP contribution >= 0.6 is 0 Å². The van der Waals surface area contributed by atoms with Crippen LogP contribution in [0.4, 0.5) is 0 Å². The van der Waals surface area contributed by atoms with Crippen LogP contribution in [0.3, 0.4) is 0 Å². The van der Waals surface area contributed by atoms with Crippen LogP contribution in [0.25, 0.3) is 0 Å². The molecule has 0 unspecified atom stereocenters. The van der Waals surface area contributed by atoms with Gasteiger partial charge in [0, 0.05) is 45.1 Å². The maximum absolute atomic E-state index is 12.2. The maximum atomic E-state index is 12.2. The highest BCUT2D eigenvalue weighted by Crippen LogP contribution is 2.18. The molecule has 3 heterocycles. The van der Waals surface area contributed by atoms with Gasteiger partial charge in [0.15, 0.2) is 0 Å². The van der Waals surface area contributed by atoms with Gasteiger partial charge < -0.3 is 9.64 Å². The van der Waals surface area contributed by atoms with Crippen molar-refractivity contribution in [1.29, 1.82) is 0 Å². The first-order valence-corrected chi connectivity index (χ1v) is 7.98. The van der Waals surface area contributed by atoms with Gasteiger partial charge in [0.1, 0.15) is 24.5 Å². The molecule has 122 valence electrons. The normalized spacial score (nSPS) is 15.6. The number of rotatable bonds is 6. The van der Waals surface area contributed by atoms with Gasteiger partial charge in [0.2, 0.25) is 5.91 Å². The van der Waals surface area contributed by atoms with Crippen LogP contribution in [-0.2, 0) is 11.3 Å². The third kappa shape index (κ3) is 4.51. The van der Waals surface area contributed by atoms with E-state index in [-0.39, 0.29) is 12.0 Å². The molecule has 7 nitrogen and oxygen atoms in total. The highest BCUT2D eigenvalue weighted by atomic mass is 16.5. The van der Waals surface area contributed by atoms with Crippen LogP contribution in [-0.4, -0.2) is 49.7 Å². The highest BCUT2D eigenvalue weighted by molar-refractivity contribution is 5.76. The maximum Gasteiger partial charge on any atom is 0.222 e. The fraction of sp³-hybridized carbons (Fsp3) is 0.500. The Morgan fingerprint density at radius 1 is 1.30 bits per heavy atom. The number of pyridine rings is 1. The largest absolute Gasteiger partial charge is 0.489 e. The molecule has 1 aliphatic rings. The number of aryl methyl sites for hydroxylation is 1. The molecule has 0 bridgehead atoms. The summed E-state index contributed by atoms with van der Waals surface area (Å²) in [5.41, 5.74) is 0. The lowest BCUT2D eigenvalue weighted by Gasteiger charge is -2.32. The summed E-state index contributed by atoms with van der Waals surface area (Å²) in [5.74, 6) is 1.01. The third-order valence-electron chi connectivity index (χ3n) is 3.98. The van der Waals surface area contributed by atoms with Gasteiger partial charge in [-0.05, 0) is 18.6 Å². The van der Waals surface area contributed by atoms with E-state index in [9.17, 15) is 4.79 Å². The summed E-state index contributed by atoms with van der Waals surface area (Å²) in [5, 5.41) is 4.03. The van der Waals surface area contributed by atoms with Gasteiger partial charge in [-0.15, -0.1) is 0 Å². The van der Waals surface area contributed by atoms with Gasteiger partial charge >= 0.3 is 0 Å². The number of likely N-dealkylation sites (tertiary alicyclic amines) is 1. The minimum atomic E-state index is 0.165. The van der Waals surface area contributed by atoms with Crippen LogP contribution in [0.2, 0.25) is 0 Å². The molecule has 0 aromatic carbocycles. The van der Waals surface area contributed by atoms with E-state index in [1.54, 1.807) is 23.4 Å². The van der Waals surface area contributed by atoms with Crippen molar-refractivity contribution in [3.63, 3.8) is 0 Å². The first kappa shape index (κ1) is 15.5. The molecular formula is C16H21N5O2. The van der Waals surface area contributed by atoms with E-state index in [1.165, 1.54) is 6.33 Å². The topological polar surface area (TPSA) is 73.1 Å². The number of aromatic nitrogens is 4. The van der Waals surface area contributed by atoms with Crippen LogP contribution in [0.1, 0.15) is 25.7 Å². The highest BCUT2D eigenvalue weighted by Gasteiger charge is 2.23. The van der Waals surface area contributed by atoms with Crippen LogP contribution in [0.5, 0.6) is 5.75 Å². The van der Waals surface area contributed by atoms with Gasteiger partial charge in [-0.2, -0.15) is 5.10 Å². The van der Waals surface area contributed by atoms with E-state index in [4.69, 9.17) is 4.74 Å². The minimum absolute atomic E-state index is 0.165. The molecule has 1 fully saturated rings.